The van der Waals surface area contributed by atoms with E-state index in [0.29, 0.717) is 21.3 Å². The van der Waals surface area contributed by atoms with Gasteiger partial charge in [-0.1, -0.05) is 41.4 Å². The van der Waals surface area contributed by atoms with Crippen LogP contribution in [0.2, 0.25) is 10.0 Å². The summed E-state index contributed by atoms with van der Waals surface area (Å²) in [6.45, 7) is 1.64. The van der Waals surface area contributed by atoms with Gasteiger partial charge in [0, 0.05) is 22.0 Å². The van der Waals surface area contributed by atoms with E-state index in [4.69, 9.17) is 23.2 Å². The van der Waals surface area contributed by atoms with Crippen LogP contribution in [0.4, 0.5) is 5.95 Å². The maximum absolute atomic E-state index is 12.5. The number of hydrogen-bond donors (Lipinski definition) is 2. The van der Waals surface area contributed by atoms with Crippen LogP contribution in [0.3, 0.4) is 0 Å². The van der Waals surface area contributed by atoms with Crippen LogP contribution in [0.5, 0.6) is 0 Å². The van der Waals surface area contributed by atoms with Crippen molar-refractivity contribution in [1.29, 1.82) is 0 Å². The molecule has 0 fully saturated rings. The van der Waals surface area contributed by atoms with Gasteiger partial charge in [0.15, 0.2) is 0 Å². The van der Waals surface area contributed by atoms with E-state index in [9.17, 15) is 13.2 Å². The third-order valence-electron chi connectivity index (χ3n) is 3.90. The summed E-state index contributed by atoms with van der Waals surface area (Å²) in [5, 5.41) is 0.962. The van der Waals surface area contributed by atoms with Crippen LogP contribution in [-0.4, -0.2) is 18.4 Å². The molecule has 0 aliphatic carbocycles. The van der Waals surface area contributed by atoms with E-state index in [1.165, 1.54) is 24.3 Å². The van der Waals surface area contributed by atoms with E-state index in [-0.39, 0.29) is 17.3 Å². The molecule has 0 amide bonds. The van der Waals surface area contributed by atoms with Gasteiger partial charge in [-0.05, 0) is 42.8 Å². The Morgan fingerprint density at radius 3 is 2.37 bits per heavy atom. The summed E-state index contributed by atoms with van der Waals surface area (Å²) in [5.41, 5.74) is 1.17. The van der Waals surface area contributed by atoms with Crippen LogP contribution in [0.25, 0.3) is 0 Å². The summed E-state index contributed by atoms with van der Waals surface area (Å²) in [6.07, 6.45) is 0.290. The highest BCUT2D eigenvalue weighted by atomic mass is 35.5. The van der Waals surface area contributed by atoms with Gasteiger partial charge in [0.05, 0.1) is 10.6 Å². The van der Waals surface area contributed by atoms with Crippen LogP contribution >= 0.6 is 23.2 Å². The Kier molecular flexibility index (Phi) is 5.55. The lowest BCUT2D eigenvalue weighted by atomic mass is 10.1. The smallest absolute Gasteiger partial charge is 0.264 e. The minimum Gasteiger partial charge on any atom is -0.292 e. The number of hydrogen-bond acceptors (Lipinski definition) is 4. The zero-order valence-electron chi connectivity index (χ0n) is 14.2. The molecule has 1 heterocycles. The predicted octanol–water partition coefficient (Wildman–Crippen LogP) is 3.78. The lowest BCUT2D eigenvalue weighted by Crippen LogP contribution is -2.22. The fourth-order valence-corrected chi connectivity index (χ4v) is 3.79. The SMILES string of the molecule is Cc1nc(NS(=O)(=O)c2ccc(Cl)cc2)[nH]c(=O)c1Cc1ccccc1Cl. The van der Waals surface area contributed by atoms with Crippen molar-refractivity contribution in [3.05, 3.63) is 85.8 Å². The van der Waals surface area contributed by atoms with Crippen molar-refractivity contribution in [3.63, 3.8) is 0 Å². The quantitative estimate of drug-likeness (QED) is 0.652. The largest absolute Gasteiger partial charge is 0.292 e. The Morgan fingerprint density at radius 2 is 1.74 bits per heavy atom. The highest BCUT2D eigenvalue weighted by Crippen LogP contribution is 2.20. The molecule has 0 aliphatic heterocycles. The van der Waals surface area contributed by atoms with Crippen LogP contribution in [-0.2, 0) is 16.4 Å². The first-order valence-corrected chi connectivity index (χ1v) is 10.1. The van der Waals surface area contributed by atoms with Crippen molar-refractivity contribution < 1.29 is 8.42 Å². The first kappa shape index (κ1) is 19.4. The average molecular weight is 424 g/mol. The van der Waals surface area contributed by atoms with Gasteiger partial charge in [-0.25, -0.2) is 18.1 Å². The van der Waals surface area contributed by atoms with Crippen molar-refractivity contribution >= 4 is 39.2 Å². The number of sulfonamides is 1. The lowest BCUT2D eigenvalue weighted by Gasteiger charge is -2.10. The summed E-state index contributed by atoms with van der Waals surface area (Å²) in [6, 6.07) is 12.8. The molecule has 0 saturated carbocycles. The van der Waals surface area contributed by atoms with Crippen molar-refractivity contribution in [2.24, 2.45) is 0 Å². The summed E-state index contributed by atoms with van der Waals surface area (Å²) >= 11 is 11.9. The van der Waals surface area contributed by atoms with Crippen LogP contribution in [0, 0.1) is 6.92 Å². The molecule has 0 saturated heterocycles. The van der Waals surface area contributed by atoms with Gasteiger partial charge in [-0.15, -0.1) is 0 Å². The third kappa shape index (κ3) is 4.50. The Labute approximate surface area is 166 Å². The monoisotopic (exact) mass is 423 g/mol. The number of nitrogens with zero attached hydrogens (tertiary/aromatic N) is 1. The molecule has 3 rings (SSSR count). The number of aromatic amines is 1. The Morgan fingerprint density at radius 1 is 1.07 bits per heavy atom. The van der Waals surface area contributed by atoms with Gasteiger partial charge >= 0.3 is 0 Å². The van der Waals surface area contributed by atoms with Crippen LogP contribution < -0.4 is 10.3 Å². The van der Waals surface area contributed by atoms with Gasteiger partial charge in [0.2, 0.25) is 5.95 Å². The Balaban J connectivity index is 1.90. The van der Waals surface area contributed by atoms with Crippen LogP contribution in [0.15, 0.2) is 58.2 Å². The zero-order chi connectivity index (χ0) is 19.6. The number of nitrogens with one attached hydrogen (secondary N) is 2. The van der Waals surface area contributed by atoms with E-state index in [0.717, 1.165) is 5.56 Å². The normalized spacial score (nSPS) is 11.4. The van der Waals surface area contributed by atoms with Crippen molar-refractivity contribution in [2.75, 3.05) is 4.72 Å². The molecule has 140 valence electrons. The molecule has 0 radical (unpaired) electrons. The molecule has 2 aromatic carbocycles. The molecule has 27 heavy (non-hydrogen) atoms. The standard InChI is InChI=1S/C18H15Cl2N3O3S/c1-11-15(10-12-4-2-3-5-16(12)20)17(24)22-18(21-11)23-27(25,26)14-8-6-13(19)7-9-14/h2-9H,10H2,1H3,(H2,21,22,23,24). The third-order valence-corrected chi connectivity index (χ3v) is 5.88. The van der Waals surface area contributed by atoms with E-state index in [1.54, 1.807) is 19.1 Å². The fourth-order valence-electron chi connectivity index (χ4n) is 2.50. The second kappa shape index (κ2) is 7.72. The number of aromatic nitrogens is 2. The van der Waals surface area contributed by atoms with Crippen molar-refractivity contribution in [3.8, 4) is 0 Å². The maximum Gasteiger partial charge on any atom is 0.264 e. The molecule has 0 aliphatic rings. The second-order valence-corrected chi connectivity index (χ2v) is 8.33. The van der Waals surface area contributed by atoms with Gasteiger partial charge in [-0.3, -0.25) is 9.78 Å². The van der Waals surface area contributed by atoms with Crippen molar-refractivity contribution in [1.82, 2.24) is 9.97 Å². The average Bonchev–Trinajstić information content (AvgIpc) is 2.59. The molecule has 2 N–H and O–H groups in total. The number of halogens is 2. The molecule has 1 aromatic heterocycles. The molecule has 0 atom stereocenters. The Hall–Kier alpha value is -2.35. The number of benzene rings is 2. The van der Waals surface area contributed by atoms with E-state index in [2.05, 4.69) is 14.7 Å². The van der Waals surface area contributed by atoms with Gasteiger partial charge in [-0.2, -0.15) is 0 Å². The molecule has 0 spiro atoms. The molecule has 6 nitrogen and oxygen atoms in total. The molecule has 9 heteroatoms. The summed E-state index contributed by atoms with van der Waals surface area (Å²) in [4.78, 5) is 19.1. The molecule has 0 bridgehead atoms. The first-order valence-electron chi connectivity index (χ1n) is 7.88. The topological polar surface area (TPSA) is 91.9 Å². The number of rotatable bonds is 5. The highest BCUT2D eigenvalue weighted by molar-refractivity contribution is 7.92. The van der Waals surface area contributed by atoms with Crippen molar-refractivity contribution in [2.45, 2.75) is 18.2 Å². The van der Waals surface area contributed by atoms with Gasteiger partial charge < -0.3 is 0 Å². The van der Waals surface area contributed by atoms with Gasteiger partial charge in [0.1, 0.15) is 0 Å². The first-order chi connectivity index (χ1) is 12.8. The predicted molar refractivity (Wildman–Crippen MR) is 106 cm³/mol. The molecular weight excluding hydrogens is 409 g/mol. The number of H-pyrrole nitrogens is 1. The summed E-state index contributed by atoms with van der Waals surface area (Å²) in [5.74, 6) is -0.157. The van der Waals surface area contributed by atoms with E-state index in [1.807, 2.05) is 12.1 Å². The van der Waals surface area contributed by atoms with Gasteiger partial charge in [0.25, 0.3) is 15.6 Å². The summed E-state index contributed by atoms with van der Waals surface area (Å²) < 4.78 is 27.1. The minimum absolute atomic E-state index is 0.00680. The number of aryl methyl sites for hydroxylation is 1. The van der Waals surface area contributed by atoms with E-state index < -0.39 is 15.6 Å². The fraction of sp³-hybridized carbons (Fsp3) is 0.111. The lowest BCUT2D eigenvalue weighted by molar-refractivity contribution is 0.600. The Bertz CT molecular complexity index is 1140. The minimum atomic E-state index is -3.90. The summed E-state index contributed by atoms with van der Waals surface area (Å²) in [7, 11) is -3.90. The number of anilines is 1. The molecule has 3 aromatic rings. The van der Waals surface area contributed by atoms with E-state index >= 15 is 0 Å². The van der Waals surface area contributed by atoms with Crippen LogP contribution in [0.1, 0.15) is 16.8 Å². The zero-order valence-corrected chi connectivity index (χ0v) is 16.5. The highest BCUT2D eigenvalue weighted by Gasteiger charge is 2.17. The second-order valence-electron chi connectivity index (χ2n) is 5.81. The molecular formula is C18H15Cl2N3O3S. The maximum atomic E-state index is 12.5. The molecule has 0 unspecified atom stereocenters.